The Morgan fingerprint density at radius 2 is 1.77 bits per heavy atom. The van der Waals surface area contributed by atoms with Crippen LogP contribution in [0.5, 0.6) is 0 Å². The summed E-state index contributed by atoms with van der Waals surface area (Å²) in [4.78, 5) is 0. The third-order valence-corrected chi connectivity index (χ3v) is 3.02. The van der Waals surface area contributed by atoms with Crippen molar-refractivity contribution < 1.29 is 0 Å². The number of hydrogen-bond donors (Lipinski definition) is 0. The van der Waals surface area contributed by atoms with Gasteiger partial charge in [0.05, 0.1) is 0 Å². The van der Waals surface area contributed by atoms with E-state index < -0.39 is 0 Å². The molecule has 0 heterocycles. The molecule has 1 atom stereocenters. The van der Waals surface area contributed by atoms with Crippen LogP contribution in [-0.4, -0.2) is 0 Å². The van der Waals surface area contributed by atoms with Crippen LogP contribution < -0.4 is 0 Å². The molecule has 0 nitrogen and oxygen atoms in total. The summed E-state index contributed by atoms with van der Waals surface area (Å²) in [5.41, 5.74) is 1.08. The van der Waals surface area contributed by atoms with Crippen LogP contribution in [0, 0.1) is 5.92 Å². The molecule has 1 aromatic carbocycles. The Morgan fingerprint density at radius 3 is 2.23 bits per heavy atom. The van der Waals surface area contributed by atoms with Gasteiger partial charge < -0.3 is 0 Å². The van der Waals surface area contributed by atoms with Crippen LogP contribution in [0.25, 0.3) is 0 Å². The molecule has 0 saturated carbocycles. The predicted octanol–water partition coefficient (Wildman–Crippen LogP) is 4.58. The highest BCUT2D eigenvalue weighted by molar-refractivity contribution is 6.35. The molecule has 0 aliphatic heterocycles. The third-order valence-electron chi connectivity index (χ3n) is 2.31. The van der Waals surface area contributed by atoms with Crippen LogP contribution >= 0.6 is 23.2 Å². The van der Waals surface area contributed by atoms with Gasteiger partial charge in [0, 0.05) is 10.0 Å². The van der Waals surface area contributed by atoms with Gasteiger partial charge in [0.15, 0.2) is 0 Å². The van der Waals surface area contributed by atoms with E-state index in [9.17, 15) is 0 Å². The lowest BCUT2D eigenvalue weighted by molar-refractivity contribution is 0.560. The van der Waals surface area contributed by atoms with Gasteiger partial charge in [0.1, 0.15) is 0 Å². The molecular formula is C11H14Cl2. The van der Waals surface area contributed by atoms with Crippen molar-refractivity contribution in [3.8, 4) is 0 Å². The lowest BCUT2D eigenvalue weighted by Gasteiger charge is -2.11. The van der Waals surface area contributed by atoms with Gasteiger partial charge in [-0.3, -0.25) is 0 Å². The third kappa shape index (κ3) is 2.89. The molecule has 0 saturated heterocycles. The molecule has 0 spiro atoms. The maximum atomic E-state index is 6.05. The Labute approximate surface area is 89.9 Å². The van der Waals surface area contributed by atoms with Crippen molar-refractivity contribution in [2.45, 2.75) is 26.7 Å². The van der Waals surface area contributed by atoms with E-state index >= 15 is 0 Å². The zero-order valence-electron chi connectivity index (χ0n) is 7.98. The normalized spacial score (nSPS) is 12.9. The van der Waals surface area contributed by atoms with Gasteiger partial charge >= 0.3 is 0 Å². The SMILES string of the molecule is CC[C@H](C)Cc1c(Cl)cccc1Cl. The van der Waals surface area contributed by atoms with Gasteiger partial charge in [-0.1, -0.05) is 49.5 Å². The van der Waals surface area contributed by atoms with E-state index in [1.165, 1.54) is 0 Å². The topological polar surface area (TPSA) is 0 Å². The first-order valence-corrected chi connectivity index (χ1v) is 5.33. The molecule has 0 unspecified atom stereocenters. The number of rotatable bonds is 3. The highest BCUT2D eigenvalue weighted by Gasteiger charge is 2.08. The fraction of sp³-hybridized carbons (Fsp3) is 0.455. The van der Waals surface area contributed by atoms with Crippen LogP contribution in [-0.2, 0) is 6.42 Å². The summed E-state index contributed by atoms with van der Waals surface area (Å²) in [6.45, 7) is 4.38. The van der Waals surface area contributed by atoms with E-state index in [4.69, 9.17) is 23.2 Å². The summed E-state index contributed by atoms with van der Waals surface area (Å²) >= 11 is 12.1. The predicted molar refractivity (Wildman–Crippen MR) is 59.6 cm³/mol. The second-order valence-electron chi connectivity index (χ2n) is 3.42. The maximum absolute atomic E-state index is 6.05. The molecule has 13 heavy (non-hydrogen) atoms. The minimum absolute atomic E-state index is 0.636. The van der Waals surface area contributed by atoms with E-state index in [0.29, 0.717) is 5.92 Å². The van der Waals surface area contributed by atoms with Crippen molar-refractivity contribution in [1.29, 1.82) is 0 Å². The van der Waals surface area contributed by atoms with Crippen LogP contribution in [0.1, 0.15) is 25.8 Å². The fourth-order valence-corrected chi connectivity index (χ4v) is 1.77. The largest absolute Gasteiger partial charge is 0.0840 e. The van der Waals surface area contributed by atoms with Gasteiger partial charge in [0.25, 0.3) is 0 Å². The Kier molecular flexibility index (Phi) is 4.08. The summed E-state index contributed by atoms with van der Waals surface area (Å²) in [5, 5.41) is 1.57. The quantitative estimate of drug-likeness (QED) is 0.694. The van der Waals surface area contributed by atoms with E-state index in [2.05, 4.69) is 13.8 Å². The van der Waals surface area contributed by atoms with Gasteiger partial charge in [-0.15, -0.1) is 0 Å². The van der Waals surface area contributed by atoms with Crippen LogP contribution in [0.2, 0.25) is 10.0 Å². The van der Waals surface area contributed by atoms with Crippen LogP contribution in [0.4, 0.5) is 0 Å². The fourth-order valence-electron chi connectivity index (χ4n) is 1.22. The van der Waals surface area contributed by atoms with Crippen molar-refractivity contribution in [3.05, 3.63) is 33.8 Å². The van der Waals surface area contributed by atoms with Crippen molar-refractivity contribution in [2.24, 2.45) is 5.92 Å². The zero-order chi connectivity index (χ0) is 9.84. The summed E-state index contributed by atoms with van der Waals surface area (Å²) in [5.74, 6) is 0.636. The maximum Gasteiger partial charge on any atom is 0.0452 e. The molecule has 0 N–H and O–H groups in total. The zero-order valence-corrected chi connectivity index (χ0v) is 9.49. The van der Waals surface area contributed by atoms with E-state index in [1.807, 2.05) is 18.2 Å². The molecule has 0 radical (unpaired) electrons. The standard InChI is InChI=1S/C11H14Cl2/c1-3-8(2)7-9-10(12)5-4-6-11(9)13/h4-6,8H,3,7H2,1-2H3/t8-/m0/s1. The Bertz CT molecular complexity index is 261. The average Bonchev–Trinajstić information content (AvgIpc) is 2.11. The summed E-state index contributed by atoms with van der Waals surface area (Å²) in [6, 6.07) is 5.67. The van der Waals surface area contributed by atoms with Crippen molar-refractivity contribution in [2.75, 3.05) is 0 Å². The van der Waals surface area contributed by atoms with E-state index in [-0.39, 0.29) is 0 Å². The molecule has 72 valence electrons. The van der Waals surface area contributed by atoms with Crippen LogP contribution in [0.3, 0.4) is 0 Å². The summed E-state index contributed by atoms with van der Waals surface area (Å²) in [7, 11) is 0. The molecular weight excluding hydrogens is 203 g/mol. The molecule has 0 bridgehead atoms. The second kappa shape index (κ2) is 4.88. The summed E-state index contributed by atoms with van der Waals surface area (Å²) in [6.07, 6.45) is 2.12. The lowest BCUT2D eigenvalue weighted by Crippen LogP contribution is -1.99. The highest BCUT2D eigenvalue weighted by Crippen LogP contribution is 2.27. The first kappa shape index (κ1) is 10.9. The lowest BCUT2D eigenvalue weighted by atomic mass is 9.99. The van der Waals surface area contributed by atoms with E-state index in [1.54, 1.807) is 0 Å². The Morgan fingerprint density at radius 1 is 1.23 bits per heavy atom. The first-order valence-electron chi connectivity index (χ1n) is 4.58. The number of hydrogen-bond acceptors (Lipinski definition) is 0. The Hall–Kier alpha value is -0.200. The van der Waals surface area contributed by atoms with Crippen LogP contribution in [0.15, 0.2) is 18.2 Å². The molecule has 0 aliphatic rings. The average molecular weight is 217 g/mol. The second-order valence-corrected chi connectivity index (χ2v) is 4.23. The molecule has 0 amide bonds. The molecule has 0 aliphatic carbocycles. The van der Waals surface area contributed by atoms with Gasteiger partial charge in [0.2, 0.25) is 0 Å². The molecule has 2 heteroatoms. The molecule has 1 rings (SSSR count). The monoisotopic (exact) mass is 216 g/mol. The minimum Gasteiger partial charge on any atom is -0.0840 e. The minimum atomic E-state index is 0.636. The van der Waals surface area contributed by atoms with Crippen molar-refractivity contribution in [1.82, 2.24) is 0 Å². The smallest absolute Gasteiger partial charge is 0.0452 e. The Balaban J connectivity index is 2.87. The molecule has 1 aromatic rings. The molecule has 0 fully saturated rings. The highest BCUT2D eigenvalue weighted by atomic mass is 35.5. The van der Waals surface area contributed by atoms with E-state index in [0.717, 1.165) is 28.5 Å². The molecule has 0 aromatic heterocycles. The number of halogens is 2. The summed E-state index contributed by atoms with van der Waals surface area (Å²) < 4.78 is 0. The van der Waals surface area contributed by atoms with Gasteiger partial charge in [-0.25, -0.2) is 0 Å². The van der Waals surface area contributed by atoms with Crippen molar-refractivity contribution >= 4 is 23.2 Å². The van der Waals surface area contributed by atoms with Gasteiger partial charge in [-0.05, 0) is 30.0 Å². The number of benzene rings is 1. The van der Waals surface area contributed by atoms with Crippen molar-refractivity contribution in [3.63, 3.8) is 0 Å². The first-order chi connectivity index (χ1) is 6.15. The van der Waals surface area contributed by atoms with Gasteiger partial charge in [-0.2, -0.15) is 0 Å².